The average Bonchev–Trinajstić information content (AvgIpc) is 3.12. The molecule has 5 nitrogen and oxygen atoms in total. The Hall–Kier alpha value is -2.01. The van der Waals surface area contributed by atoms with Crippen LogP contribution in [-0.4, -0.2) is 41.2 Å². The molecule has 0 aliphatic heterocycles. The first-order valence-corrected chi connectivity index (χ1v) is 7.24. The van der Waals surface area contributed by atoms with Crippen LogP contribution in [0.1, 0.15) is 18.5 Å². The fourth-order valence-corrected chi connectivity index (χ4v) is 2.69. The van der Waals surface area contributed by atoms with Gasteiger partial charge in [0, 0.05) is 41.3 Å². The highest BCUT2D eigenvalue weighted by atomic mass is 16.3. The highest BCUT2D eigenvalue weighted by Crippen LogP contribution is 2.45. The number of hydrogen-bond donors (Lipinski definition) is 3. The molecule has 0 bridgehead atoms. The summed E-state index contributed by atoms with van der Waals surface area (Å²) in [6, 6.07) is 7.74. The topological polar surface area (TPSA) is 68.4 Å². The van der Waals surface area contributed by atoms with Crippen LogP contribution in [-0.2, 0) is 0 Å². The van der Waals surface area contributed by atoms with Gasteiger partial charge in [-0.1, -0.05) is 0 Å². The Morgan fingerprint density at radius 2 is 2.19 bits per heavy atom. The van der Waals surface area contributed by atoms with Gasteiger partial charge in [0.15, 0.2) is 0 Å². The largest absolute Gasteiger partial charge is 0.396 e. The number of carbonyl (C=O) groups is 1. The molecule has 1 aromatic heterocycles. The summed E-state index contributed by atoms with van der Waals surface area (Å²) >= 11 is 0. The van der Waals surface area contributed by atoms with Crippen molar-refractivity contribution in [2.75, 3.05) is 25.5 Å². The summed E-state index contributed by atoms with van der Waals surface area (Å²) < 4.78 is 0. The molecule has 21 heavy (non-hydrogen) atoms. The third-order valence-electron chi connectivity index (χ3n) is 4.22. The molecule has 2 amide bonds. The quantitative estimate of drug-likeness (QED) is 0.809. The molecular weight excluding hydrogens is 266 g/mol. The van der Waals surface area contributed by atoms with E-state index in [1.54, 1.807) is 11.9 Å². The number of aliphatic hydroxyl groups is 1. The molecule has 1 aliphatic rings. The van der Waals surface area contributed by atoms with Crippen LogP contribution in [0.5, 0.6) is 0 Å². The summed E-state index contributed by atoms with van der Waals surface area (Å²) in [6.45, 7) is 2.76. The van der Waals surface area contributed by atoms with E-state index >= 15 is 0 Å². The van der Waals surface area contributed by atoms with E-state index in [9.17, 15) is 9.90 Å². The molecule has 1 aromatic carbocycles. The minimum Gasteiger partial charge on any atom is -0.396 e. The summed E-state index contributed by atoms with van der Waals surface area (Å²) in [7, 11) is 1.77. The lowest BCUT2D eigenvalue weighted by molar-refractivity contribution is 0.168. The predicted octanol–water partition coefficient (Wildman–Crippen LogP) is 2.71. The fourth-order valence-electron chi connectivity index (χ4n) is 2.69. The number of hydrogen-bond acceptors (Lipinski definition) is 2. The molecule has 0 saturated heterocycles. The molecule has 1 saturated carbocycles. The normalized spacial score (nSPS) is 16.0. The highest BCUT2D eigenvalue weighted by Gasteiger charge is 2.43. The number of H-pyrrole nitrogens is 1. The van der Waals surface area contributed by atoms with Gasteiger partial charge in [-0.25, -0.2) is 4.79 Å². The number of aryl methyl sites for hydroxylation is 1. The summed E-state index contributed by atoms with van der Waals surface area (Å²) in [5, 5.41) is 13.3. The van der Waals surface area contributed by atoms with Crippen LogP contribution in [0.4, 0.5) is 10.5 Å². The van der Waals surface area contributed by atoms with Gasteiger partial charge in [-0.2, -0.15) is 0 Å². The van der Waals surface area contributed by atoms with Crippen LogP contribution in [0.2, 0.25) is 0 Å². The second kappa shape index (κ2) is 5.07. The van der Waals surface area contributed by atoms with Gasteiger partial charge in [0.25, 0.3) is 0 Å². The number of rotatable bonds is 4. The molecule has 1 fully saturated rings. The lowest BCUT2D eigenvalue weighted by atomic mass is 10.1. The zero-order chi connectivity index (χ0) is 15.0. The zero-order valence-electron chi connectivity index (χ0n) is 12.4. The monoisotopic (exact) mass is 287 g/mol. The maximum atomic E-state index is 12.2. The number of fused-ring (bicyclic) bond motifs is 1. The van der Waals surface area contributed by atoms with Gasteiger partial charge in [-0.15, -0.1) is 0 Å². The van der Waals surface area contributed by atoms with Crippen molar-refractivity contribution in [3.63, 3.8) is 0 Å². The van der Waals surface area contributed by atoms with Crippen LogP contribution >= 0.6 is 0 Å². The van der Waals surface area contributed by atoms with E-state index in [1.165, 1.54) is 0 Å². The number of aromatic amines is 1. The van der Waals surface area contributed by atoms with E-state index in [0.717, 1.165) is 35.1 Å². The van der Waals surface area contributed by atoms with Gasteiger partial charge in [0.05, 0.1) is 6.61 Å². The Kier molecular flexibility index (Phi) is 3.37. The number of nitrogens with zero attached hydrogens (tertiary/aromatic N) is 1. The number of nitrogens with one attached hydrogen (secondary N) is 2. The summed E-state index contributed by atoms with van der Waals surface area (Å²) in [5.41, 5.74) is 2.89. The Balaban J connectivity index is 1.67. The molecule has 5 heteroatoms. The Morgan fingerprint density at radius 1 is 1.43 bits per heavy atom. The van der Waals surface area contributed by atoms with Crippen LogP contribution in [0.15, 0.2) is 24.3 Å². The van der Waals surface area contributed by atoms with E-state index in [0.29, 0.717) is 6.54 Å². The van der Waals surface area contributed by atoms with Crippen molar-refractivity contribution in [3.8, 4) is 0 Å². The minimum atomic E-state index is -0.138. The standard InChI is InChI=1S/C16H21N3O2/c1-11-7-12-8-13(3-4-14(12)17-11)18-15(21)19(2)9-16(10-20)5-6-16/h3-4,7-8,17,20H,5-6,9-10H2,1-2H3,(H,18,21). The lowest BCUT2D eigenvalue weighted by Gasteiger charge is -2.22. The van der Waals surface area contributed by atoms with Crippen molar-refractivity contribution in [2.45, 2.75) is 19.8 Å². The smallest absolute Gasteiger partial charge is 0.321 e. The van der Waals surface area contributed by atoms with Crippen molar-refractivity contribution in [3.05, 3.63) is 30.0 Å². The molecule has 1 aliphatic carbocycles. The van der Waals surface area contributed by atoms with Gasteiger partial charge in [-0.05, 0) is 44.0 Å². The third kappa shape index (κ3) is 2.88. The van der Waals surface area contributed by atoms with Gasteiger partial charge >= 0.3 is 6.03 Å². The van der Waals surface area contributed by atoms with Crippen LogP contribution in [0.3, 0.4) is 0 Å². The van der Waals surface area contributed by atoms with Crippen molar-refractivity contribution >= 4 is 22.6 Å². The molecule has 0 atom stereocenters. The van der Waals surface area contributed by atoms with E-state index < -0.39 is 0 Å². The third-order valence-corrected chi connectivity index (χ3v) is 4.22. The number of amides is 2. The van der Waals surface area contributed by atoms with Gasteiger partial charge in [-0.3, -0.25) is 0 Å². The first-order chi connectivity index (χ1) is 10.0. The van der Waals surface area contributed by atoms with Crippen molar-refractivity contribution in [2.24, 2.45) is 5.41 Å². The van der Waals surface area contributed by atoms with E-state index in [2.05, 4.69) is 16.4 Å². The number of anilines is 1. The first kappa shape index (κ1) is 13.9. The summed E-state index contributed by atoms with van der Waals surface area (Å²) in [6.07, 6.45) is 1.99. The number of urea groups is 1. The Labute approximate surface area is 124 Å². The molecule has 1 heterocycles. The van der Waals surface area contributed by atoms with Gasteiger partial charge < -0.3 is 20.3 Å². The number of carbonyl (C=O) groups excluding carboxylic acids is 1. The summed E-state index contributed by atoms with van der Waals surface area (Å²) in [4.78, 5) is 17.1. The van der Waals surface area contributed by atoms with E-state index in [1.807, 2.05) is 25.1 Å². The van der Waals surface area contributed by atoms with Gasteiger partial charge in [0.1, 0.15) is 0 Å². The van der Waals surface area contributed by atoms with Crippen LogP contribution in [0, 0.1) is 12.3 Å². The van der Waals surface area contributed by atoms with Crippen molar-refractivity contribution in [1.29, 1.82) is 0 Å². The minimum absolute atomic E-state index is 0.0617. The highest BCUT2D eigenvalue weighted by molar-refractivity contribution is 5.93. The number of aliphatic hydroxyl groups excluding tert-OH is 1. The summed E-state index contributed by atoms with van der Waals surface area (Å²) in [5.74, 6) is 0. The van der Waals surface area contributed by atoms with E-state index in [4.69, 9.17) is 0 Å². The van der Waals surface area contributed by atoms with Crippen molar-refractivity contribution in [1.82, 2.24) is 9.88 Å². The first-order valence-electron chi connectivity index (χ1n) is 7.24. The SMILES string of the molecule is Cc1cc2cc(NC(=O)N(C)CC3(CO)CC3)ccc2[nH]1. The maximum Gasteiger partial charge on any atom is 0.321 e. The predicted molar refractivity (Wildman–Crippen MR) is 83.4 cm³/mol. The van der Waals surface area contributed by atoms with Crippen LogP contribution in [0.25, 0.3) is 10.9 Å². The molecule has 0 unspecified atom stereocenters. The fraction of sp³-hybridized carbons (Fsp3) is 0.438. The zero-order valence-corrected chi connectivity index (χ0v) is 12.4. The van der Waals surface area contributed by atoms with Crippen LogP contribution < -0.4 is 5.32 Å². The molecule has 0 spiro atoms. The number of aromatic nitrogens is 1. The molecule has 3 rings (SSSR count). The molecule has 0 radical (unpaired) electrons. The molecule has 112 valence electrons. The average molecular weight is 287 g/mol. The lowest BCUT2D eigenvalue weighted by Crippen LogP contribution is -2.37. The second-order valence-electron chi connectivity index (χ2n) is 6.20. The number of benzene rings is 1. The second-order valence-corrected chi connectivity index (χ2v) is 6.20. The molecular formula is C16H21N3O2. The molecule has 2 aromatic rings. The Bertz CT molecular complexity index is 673. The van der Waals surface area contributed by atoms with E-state index in [-0.39, 0.29) is 18.1 Å². The molecule has 3 N–H and O–H groups in total. The maximum absolute atomic E-state index is 12.2. The Morgan fingerprint density at radius 3 is 2.86 bits per heavy atom. The van der Waals surface area contributed by atoms with Gasteiger partial charge in [0.2, 0.25) is 0 Å². The van der Waals surface area contributed by atoms with Crippen molar-refractivity contribution < 1.29 is 9.90 Å².